The SMILES string of the molecule is CCC(=O)Nc1cc(S(=O)(=O)[O-])ccc1SOO[O-]. The fourth-order valence-electron chi connectivity index (χ4n) is 1.12. The molecule has 0 aromatic heterocycles. The zero-order chi connectivity index (χ0) is 14.5. The number of hydrogen-bond donors (Lipinski definition) is 1. The van der Waals surface area contributed by atoms with Crippen LogP contribution in [-0.2, 0) is 24.3 Å². The van der Waals surface area contributed by atoms with Gasteiger partial charge in [-0.05, 0) is 18.2 Å². The fourth-order valence-corrected chi connectivity index (χ4v) is 2.05. The van der Waals surface area contributed by atoms with E-state index in [0.717, 1.165) is 12.1 Å². The highest BCUT2D eigenvalue weighted by Gasteiger charge is 2.11. The summed E-state index contributed by atoms with van der Waals surface area (Å²) in [5, 5.41) is 15.3. The van der Waals surface area contributed by atoms with Gasteiger partial charge in [-0.25, -0.2) is 8.42 Å². The molecule has 0 radical (unpaired) electrons. The molecule has 1 aromatic rings. The largest absolute Gasteiger partial charge is 0.744 e. The Labute approximate surface area is 113 Å². The number of hydrogen-bond acceptors (Lipinski definition) is 8. The minimum atomic E-state index is -4.65. The quantitative estimate of drug-likeness (QED) is 0.341. The normalized spacial score (nSPS) is 11.3. The average molecular weight is 307 g/mol. The Morgan fingerprint density at radius 2 is 2.16 bits per heavy atom. The van der Waals surface area contributed by atoms with E-state index in [1.54, 1.807) is 6.92 Å². The summed E-state index contributed by atoms with van der Waals surface area (Å²) in [6, 6.07) is 3.21. The molecule has 0 aliphatic heterocycles. The number of carbonyl (C=O) groups excluding carboxylic acids is 1. The zero-order valence-electron chi connectivity index (χ0n) is 9.61. The summed E-state index contributed by atoms with van der Waals surface area (Å²) in [6.45, 7) is 1.59. The molecule has 19 heavy (non-hydrogen) atoms. The lowest BCUT2D eigenvalue weighted by Crippen LogP contribution is -2.11. The molecule has 0 saturated carbocycles. The molecule has 0 fully saturated rings. The first-order valence-electron chi connectivity index (χ1n) is 4.91. The molecular weight excluding hydrogens is 298 g/mol. The number of rotatable bonds is 6. The number of nitrogens with one attached hydrogen (secondary N) is 1. The van der Waals surface area contributed by atoms with E-state index in [4.69, 9.17) is 0 Å². The summed E-state index contributed by atoms with van der Waals surface area (Å²) in [7, 11) is -4.65. The highest BCUT2D eigenvalue weighted by molar-refractivity contribution is 7.94. The van der Waals surface area contributed by atoms with Gasteiger partial charge in [0, 0.05) is 6.42 Å². The molecule has 1 amide bonds. The topological polar surface area (TPSA) is 128 Å². The van der Waals surface area contributed by atoms with E-state index in [9.17, 15) is 23.0 Å². The Hall–Kier alpha value is -1.17. The number of carbonyl (C=O) groups is 1. The van der Waals surface area contributed by atoms with Crippen molar-refractivity contribution < 1.29 is 32.4 Å². The van der Waals surface area contributed by atoms with Gasteiger partial charge in [-0.1, -0.05) is 6.92 Å². The van der Waals surface area contributed by atoms with Crippen LogP contribution in [-0.4, -0.2) is 18.9 Å². The van der Waals surface area contributed by atoms with E-state index in [-0.39, 0.29) is 17.0 Å². The summed E-state index contributed by atoms with van der Waals surface area (Å²) in [5.41, 5.74) is 0.0332. The Bertz CT molecular complexity index is 558. The van der Waals surface area contributed by atoms with E-state index in [0.29, 0.717) is 12.0 Å². The van der Waals surface area contributed by atoms with Crippen molar-refractivity contribution in [3.8, 4) is 0 Å². The van der Waals surface area contributed by atoms with Gasteiger partial charge in [-0.15, -0.1) is 0 Å². The number of anilines is 1. The molecule has 0 saturated heterocycles. The van der Waals surface area contributed by atoms with E-state index in [1.807, 2.05) is 0 Å². The molecule has 0 aliphatic rings. The summed E-state index contributed by atoms with van der Waals surface area (Å²) < 4.78 is 36.7. The van der Waals surface area contributed by atoms with Gasteiger partial charge in [0.05, 0.1) is 27.5 Å². The van der Waals surface area contributed by atoms with E-state index >= 15 is 0 Å². The second-order valence-corrected chi connectivity index (χ2v) is 5.36. The second-order valence-electron chi connectivity index (χ2n) is 3.23. The summed E-state index contributed by atoms with van der Waals surface area (Å²) in [4.78, 5) is 11.0. The van der Waals surface area contributed by atoms with Gasteiger partial charge in [-0.3, -0.25) is 9.83 Å². The van der Waals surface area contributed by atoms with Crippen LogP contribution >= 0.6 is 12.0 Å². The van der Waals surface area contributed by atoms with Crippen molar-refractivity contribution in [2.45, 2.75) is 23.1 Å². The molecule has 1 aromatic carbocycles. The predicted octanol–water partition coefficient (Wildman–Crippen LogP) is 0.170. The van der Waals surface area contributed by atoms with Crippen LogP contribution in [0.1, 0.15) is 13.3 Å². The molecule has 0 bridgehead atoms. The van der Waals surface area contributed by atoms with Crippen LogP contribution in [0.5, 0.6) is 0 Å². The molecule has 10 heteroatoms. The molecular formula is C9H9NO7S2-2. The minimum Gasteiger partial charge on any atom is -0.744 e. The van der Waals surface area contributed by atoms with Gasteiger partial charge >= 0.3 is 0 Å². The average Bonchev–Trinajstić information content (AvgIpc) is 2.35. The van der Waals surface area contributed by atoms with Crippen LogP contribution in [0.15, 0.2) is 28.0 Å². The fraction of sp³-hybridized carbons (Fsp3) is 0.222. The van der Waals surface area contributed by atoms with Crippen molar-refractivity contribution in [1.29, 1.82) is 0 Å². The smallest absolute Gasteiger partial charge is 0.224 e. The molecule has 106 valence electrons. The third kappa shape index (κ3) is 4.78. The van der Waals surface area contributed by atoms with Crippen LogP contribution in [0.4, 0.5) is 5.69 Å². The van der Waals surface area contributed by atoms with Crippen molar-refractivity contribution in [2.75, 3.05) is 5.32 Å². The Kier molecular flexibility index (Phi) is 5.72. The molecule has 0 aliphatic carbocycles. The molecule has 1 N–H and O–H groups in total. The maximum atomic E-state index is 11.3. The third-order valence-corrected chi connectivity index (χ3v) is 3.48. The molecule has 0 atom stereocenters. The number of amides is 1. The Morgan fingerprint density at radius 3 is 2.68 bits per heavy atom. The van der Waals surface area contributed by atoms with Crippen LogP contribution in [0.25, 0.3) is 0 Å². The van der Waals surface area contributed by atoms with Crippen LogP contribution < -0.4 is 10.6 Å². The predicted molar refractivity (Wildman–Crippen MR) is 61.4 cm³/mol. The van der Waals surface area contributed by atoms with Crippen molar-refractivity contribution in [1.82, 2.24) is 0 Å². The summed E-state index contributed by atoms with van der Waals surface area (Å²) >= 11 is 0.473. The first-order chi connectivity index (χ1) is 8.88. The van der Waals surface area contributed by atoms with Gasteiger partial charge in [0.2, 0.25) is 5.91 Å². The second kappa shape index (κ2) is 6.84. The van der Waals surface area contributed by atoms with Gasteiger partial charge in [-0.2, -0.15) is 4.33 Å². The van der Waals surface area contributed by atoms with Crippen molar-refractivity contribution >= 4 is 33.8 Å². The standard InChI is InChI=1S/C9H11NO7S2/c1-2-9(11)10-7-5-6(19(13,14)15)3-4-8(7)18-17-16-12/h3-5,12H,2H2,1H3,(H,10,11)(H,13,14,15)/p-2. The van der Waals surface area contributed by atoms with Gasteiger partial charge in [0.15, 0.2) is 0 Å². The van der Waals surface area contributed by atoms with Gasteiger partial charge < -0.3 is 15.1 Å². The lowest BCUT2D eigenvalue weighted by molar-refractivity contribution is -0.777. The van der Waals surface area contributed by atoms with E-state index < -0.39 is 20.9 Å². The molecule has 8 nitrogen and oxygen atoms in total. The van der Waals surface area contributed by atoms with Crippen LogP contribution in [0.3, 0.4) is 0 Å². The zero-order valence-corrected chi connectivity index (χ0v) is 11.2. The maximum Gasteiger partial charge on any atom is 0.224 e. The maximum absolute atomic E-state index is 11.3. The molecule has 1 rings (SSSR count). The Balaban J connectivity index is 3.14. The lowest BCUT2D eigenvalue weighted by Gasteiger charge is -2.13. The lowest BCUT2D eigenvalue weighted by atomic mass is 10.3. The molecule has 0 heterocycles. The van der Waals surface area contributed by atoms with Crippen LogP contribution in [0.2, 0.25) is 0 Å². The third-order valence-electron chi connectivity index (χ3n) is 1.99. The molecule has 0 unspecified atom stereocenters. The first kappa shape index (κ1) is 15.9. The Morgan fingerprint density at radius 1 is 1.47 bits per heavy atom. The molecule has 0 spiro atoms. The monoisotopic (exact) mass is 307 g/mol. The highest BCUT2D eigenvalue weighted by atomic mass is 32.2. The summed E-state index contributed by atoms with van der Waals surface area (Å²) in [5.74, 6) is -0.398. The van der Waals surface area contributed by atoms with E-state index in [1.165, 1.54) is 6.07 Å². The summed E-state index contributed by atoms with van der Waals surface area (Å²) in [6.07, 6.45) is 0.150. The van der Waals surface area contributed by atoms with E-state index in [2.05, 4.69) is 14.7 Å². The van der Waals surface area contributed by atoms with Crippen molar-refractivity contribution in [3.63, 3.8) is 0 Å². The van der Waals surface area contributed by atoms with Crippen LogP contribution in [0, 0.1) is 0 Å². The minimum absolute atomic E-state index is 0.0332. The van der Waals surface area contributed by atoms with Crippen molar-refractivity contribution in [2.24, 2.45) is 0 Å². The number of benzene rings is 1. The van der Waals surface area contributed by atoms with Crippen molar-refractivity contribution in [3.05, 3.63) is 18.2 Å². The first-order valence-corrected chi connectivity index (χ1v) is 7.06. The highest BCUT2D eigenvalue weighted by Crippen LogP contribution is 2.30. The van der Waals surface area contributed by atoms with Gasteiger partial charge in [0.25, 0.3) is 0 Å². The van der Waals surface area contributed by atoms with Gasteiger partial charge in [0.1, 0.15) is 10.1 Å².